The molecule has 3 aromatic rings. The summed E-state index contributed by atoms with van der Waals surface area (Å²) in [5, 5.41) is 1.02. The Labute approximate surface area is 123 Å². The summed E-state index contributed by atoms with van der Waals surface area (Å²) in [6, 6.07) is 13.5. The van der Waals surface area contributed by atoms with E-state index in [-0.39, 0.29) is 5.78 Å². The van der Waals surface area contributed by atoms with Gasteiger partial charge in [-0.25, -0.2) is 4.98 Å². The lowest BCUT2D eigenvalue weighted by atomic mass is 10.1. The lowest BCUT2D eigenvalue weighted by Crippen LogP contribution is -2.03. The fourth-order valence-corrected chi connectivity index (χ4v) is 3.25. The molecule has 2 heterocycles. The summed E-state index contributed by atoms with van der Waals surface area (Å²) < 4.78 is 0.738. The van der Waals surface area contributed by atoms with Gasteiger partial charge in [0.1, 0.15) is 5.69 Å². The van der Waals surface area contributed by atoms with Crippen LogP contribution in [0.1, 0.15) is 20.2 Å². The molecule has 1 aromatic carbocycles. The Kier molecular flexibility index (Phi) is 3.21. The van der Waals surface area contributed by atoms with Crippen LogP contribution in [0.5, 0.6) is 0 Å². The quantitative estimate of drug-likeness (QED) is 0.642. The van der Waals surface area contributed by atoms with E-state index in [1.807, 2.05) is 49.4 Å². The Balaban J connectivity index is 2.14. The molecule has 0 N–H and O–H groups in total. The van der Waals surface area contributed by atoms with Crippen LogP contribution < -0.4 is 0 Å². The van der Waals surface area contributed by atoms with Crippen molar-refractivity contribution < 1.29 is 4.79 Å². The van der Waals surface area contributed by atoms with Gasteiger partial charge in [-0.1, -0.05) is 18.2 Å². The van der Waals surface area contributed by atoms with Crippen molar-refractivity contribution in [1.29, 1.82) is 0 Å². The minimum atomic E-state index is -0.0317. The number of halogens is 1. The Morgan fingerprint density at radius 1 is 1.21 bits per heavy atom. The summed E-state index contributed by atoms with van der Waals surface area (Å²) in [7, 11) is 0. The van der Waals surface area contributed by atoms with Gasteiger partial charge in [-0.15, -0.1) is 11.3 Å². The molecule has 0 aliphatic carbocycles. The van der Waals surface area contributed by atoms with E-state index in [0.29, 0.717) is 5.69 Å². The van der Waals surface area contributed by atoms with Gasteiger partial charge in [0, 0.05) is 14.7 Å². The van der Waals surface area contributed by atoms with Gasteiger partial charge in [0.2, 0.25) is 5.78 Å². The van der Waals surface area contributed by atoms with Gasteiger partial charge in [-0.3, -0.25) is 4.79 Å². The van der Waals surface area contributed by atoms with Crippen molar-refractivity contribution in [2.24, 2.45) is 0 Å². The number of hydrogen-bond acceptors (Lipinski definition) is 3. The second kappa shape index (κ2) is 4.87. The number of carbonyl (C=O) groups is 1. The van der Waals surface area contributed by atoms with Gasteiger partial charge < -0.3 is 0 Å². The first-order valence-corrected chi connectivity index (χ1v) is 7.42. The van der Waals surface area contributed by atoms with Crippen molar-refractivity contribution in [1.82, 2.24) is 4.98 Å². The first-order chi connectivity index (χ1) is 9.15. The van der Waals surface area contributed by atoms with Crippen molar-refractivity contribution in [2.75, 3.05) is 0 Å². The van der Waals surface area contributed by atoms with Crippen LogP contribution in [0.3, 0.4) is 0 Å². The second-order valence-electron chi connectivity index (χ2n) is 4.25. The number of para-hydroxylation sites is 1. The third kappa shape index (κ3) is 2.33. The van der Waals surface area contributed by atoms with E-state index in [1.54, 1.807) is 0 Å². The Morgan fingerprint density at radius 3 is 2.74 bits per heavy atom. The molecular weight excluding hydrogens is 322 g/mol. The molecule has 0 radical (unpaired) electrons. The van der Waals surface area contributed by atoms with Crippen LogP contribution >= 0.6 is 27.3 Å². The fourth-order valence-electron chi connectivity index (χ4n) is 1.92. The number of hydrogen-bond donors (Lipinski definition) is 0. The number of carbonyl (C=O) groups excluding carboxylic acids is 1. The summed E-state index contributed by atoms with van der Waals surface area (Å²) in [6.07, 6.45) is 0. The SMILES string of the molecule is Cc1ccc(C(=O)c2nc3ccccc3cc2Br)s1. The summed E-state index contributed by atoms with van der Waals surface area (Å²) in [4.78, 5) is 18.8. The number of nitrogens with zero attached hydrogens (tertiary/aromatic N) is 1. The topological polar surface area (TPSA) is 30.0 Å². The van der Waals surface area contributed by atoms with Crippen molar-refractivity contribution >= 4 is 44.0 Å². The molecule has 0 aliphatic rings. The lowest BCUT2D eigenvalue weighted by Gasteiger charge is -2.04. The van der Waals surface area contributed by atoms with Gasteiger partial charge in [-0.2, -0.15) is 0 Å². The summed E-state index contributed by atoms with van der Waals surface area (Å²) >= 11 is 4.94. The zero-order valence-corrected chi connectivity index (χ0v) is 12.6. The van der Waals surface area contributed by atoms with E-state index in [2.05, 4.69) is 20.9 Å². The number of ketones is 1. The van der Waals surface area contributed by atoms with Gasteiger partial charge in [0.25, 0.3) is 0 Å². The third-order valence-corrected chi connectivity index (χ3v) is 4.46. The zero-order chi connectivity index (χ0) is 13.4. The maximum Gasteiger partial charge on any atom is 0.222 e. The highest BCUT2D eigenvalue weighted by atomic mass is 79.9. The smallest absolute Gasteiger partial charge is 0.222 e. The van der Waals surface area contributed by atoms with Gasteiger partial charge >= 0.3 is 0 Å². The molecule has 4 heteroatoms. The molecular formula is C15H10BrNOS. The molecule has 0 atom stereocenters. The molecule has 0 aliphatic heterocycles. The maximum absolute atomic E-state index is 12.4. The third-order valence-electron chi connectivity index (χ3n) is 2.86. The fraction of sp³-hybridized carbons (Fsp3) is 0.0667. The minimum Gasteiger partial charge on any atom is -0.286 e. The molecule has 0 spiro atoms. The predicted octanol–water partition coefficient (Wildman–Crippen LogP) is 4.60. The number of aromatic nitrogens is 1. The number of fused-ring (bicyclic) bond motifs is 1. The van der Waals surface area contributed by atoms with Crippen molar-refractivity contribution in [3.8, 4) is 0 Å². The normalized spacial score (nSPS) is 10.8. The van der Waals surface area contributed by atoms with Crippen molar-refractivity contribution in [3.63, 3.8) is 0 Å². The number of rotatable bonds is 2. The molecule has 0 fully saturated rings. The first-order valence-electron chi connectivity index (χ1n) is 5.81. The predicted molar refractivity (Wildman–Crippen MR) is 81.9 cm³/mol. The molecule has 0 saturated carbocycles. The van der Waals surface area contributed by atoms with E-state index < -0.39 is 0 Å². The maximum atomic E-state index is 12.4. The Morgan fingerprint density at radius 2 is 2.00 bits per heavy atom. The van der Waals surface area contributed by atoms with Crippen LogP contribution in [0.2, 0.25) is 0 Å². The molecule has 0 saturated heterocycles. The highest BCUT2D eigenvalue weighted by Crippen LogP contribution is 2.26. The highest BCUT2D eigenvalue weighted by molar-refractivity contribution is 9.10. The molecule has 2 nitrogen and oxygen atoms in total. The molecule has 94 valence electrons. The van der Waals surface area contributed by atoms with Crippen molar-refractivity contribution in [3.05, 3.63) is 62.4 Å². The number of aryl methyl sites for hydroxylation is 1. The average molecular weight is 332 g/mol. The largest absolute Gasteiger partial charge is 0.286 e. The van der Waals surface area contributed by atoms with E-state index in [4.69, 9.17) is 0 Å². The molecule has 19 heavy (non-hydrogen) atoms. The van der Waals surface area contributed by atoms with Crippen LogP contribution in [-0.4, -0.2) is 10.8 Å². The average Bonchev–Trinajstić information content (AvgIpc) is 2.84. The Bertz CT molecular complexity index is 779. The molecule has 2 aromatic heterocycles. The number of pyridine rings is 1. The second-order valence-corrected chi connectivity index (χ2v) is 6.39. The summed E-state index contributed by atoms with van der Waals surface area (Å²) in [6.45, 7) is 1.99. The number of thiophene rings is 1. The van der Waals surface area contributed by atoms with E-state index in [1.165, 1.54) is 11.3 Å². The molecule has 0 unspecified atom stereocenters. The summed E-state index contributed by atoms with van der Waals surface area (Å²) in [5.74, 6) is -0.0317. The van der Waals surface area contributed by atoms with Gasteiger partial charge in [0.05, 0.1) is 10.4 Å². The highest BCUT2D eigenvalue weighted by Gasteiger charge is 2.16. The standard InChI is InChI=1S/C15H10BrNOS/c1-9-6-7-13(19-9)15(18)14-11(16)8-10-4-2-3-5-12(10)17-14/h2-8H,1H3. The number of benzene rings is 1. The van der Waals surface area contributed by atoms with Gasteiger partial charge in [-0.05, 0) is 47.1 Å². The monoisotopic (exact) mass is 331 g/mol. The zero-order valence-electron chi connectivity index (χ0n) is 10.2. The lowest BCUT2D eigenvalue weighted by molar-refractivity contribution is 0.103. The van der Waals surface area contributed by atoms with E-state index in [9.17, 15) is 4.79 Å². The molecule has 3 rings (SSSR count). The first kappa shape index (κ1) is 12.5. The summed E-state index contributed by atoms with van der Waals surface area (Å²) in [5.41, 5.74) is 1.31. The van der Waals surface area contributed by atoms with E-state index >= 15 is 0 Å². The molecule has 0 amide bonds. The minimum absolute atomic E-state index is 0.0317. The van der Waals surface area contributed by atoms with Crippen molar-refractivity contribution in [2.45, 2.75) is 6.92 Å². The van der Waals surface area contributed by atoms with Crippen LogP contribution in [-0.2, 0) is 0 Å². The van der Waals surface area contributed by atoms with Crippen LogP contribution in [0.25, 0.3) is 10.9 Å². The Hall–Kier alpha value is -1.52. The van der Waals surface area contributed by atoms with E-state index in [0.717, 1.165) is 25.1 Å². The van der Waals surface area contributed by atoms with Crippen LogP contribution in [0.15, 0.2) is 46.9 Å². The van der Waals surface area contributed by atoms with Crippen LogP contribution in [0, 0.1) is 6.92 Å². The van der Waals surface area contributed by atoms with Crippen LogP contribution in [0.4, 0.5) is 0 Å². The van der Waals surface area contributed by atoms with Gasteiger partial charge in [0.15, 0.2) is 0 Å². The molecule has 0 bridgehead atoms.